The summed E-state index contributed by atoms with van der Waals surface area (Å²) in [6, 6.07) is 5.49. The molecule has 3 rings (SSSR count). The number of aliphatic carboxylic acids is 1. The minimum Gasteiger partial charge on any atom is -0.481 e. The van der Waals surface area contributed by atoms with Gasteiger partial charge >= 0.3 is 5.97 Å². The third kappa shape index (κ3) is 3.23. The molecule has 2 N–H and O–H groups in total. The lowest BCUT2D eigenvalue weighted by Gasteiger charge is -2.29. The smallest absolute Gasteiger partial charge is 0.306 e. The van der Waals surface area contributed by atoms with Crippen LogP contribution in [-0.4, -0.2) is 41.5 Å². The van der Waals surface area contributed by atoms with E-state index in [4.69, 9.17) is 5.11 Å². The van der Waals surface area contributed by atoms with E-state index in [1.165, 1.54) is 0 Å². The highest BCUT2D eigenvalue weighted by Gasteiger charge is 2.25. The first kappa shape index (κ1) is 14.9. The molecule has 0 unspecified atom stereocenters. The summed E-state index contributed by atoms with van der Waals surface area (Å²) in [6.07, 6.45) is 1.18. The monoisotopic (exact) mass is 320 g/mol. The molecule has 1 aromatic carbocycles. The fourth-order valence-corrected chi connectivity index (χ4v) is 3.19. The average Bonchev–Trinajstić information content (AvgIpc) is 2.97. The van der Waals surface area contributed by atoms with E-state index < -0.39 is 5.97 Å². The van der Waals surface area contributed by atoms with Crippen LogP contribution in [0.25, 0.3) is 0 Å². The van der Waals surface area contributed by atoms with Crippen molar-refractivity contribution in [2.24, 2.45) is 14.6 Å². The number of piperidine rings is 1. The molecule has 1 saturated heterocycles. The summed E-state index contributed by atoms with van der Waals surface area (Å²) < 4.78 is 8.33. The van der Waals surface area contributed by atoms with Gasteiger partial charge in [-0.05, 0) is 38.1 Å². The Bertz CT molecular complexity index is 677. The summed E-state index contributed by atoms with van der Waals surface area (Å²) in [5.74, 6) is -1.14. The number of nitrogens with one attached hydrogen (secondary N) is 1. The molecule has 8 heteroatoms. The number of anilines is 1. The van der Waals surface area contributed by atoms with Crippen LogP contribution < -0.4 is 5.32 Å². The van der Waals surface area contributed by atoms with Gasteiger partial charge in [-0.3, -0.25) is 14.5 Å². The van der Waals surface area contributed by atoms with Crippen LogP contribution in [0.15, 0.2) is 26.9 Å². The third-order valence-corrected chi connectivity index (χ3v) is 4.41. The number of carbonyl (C=O) groups excluding carboxylic acids is 1. The fourth-order valence-electron chi connectivity index (χ4n) is 2.64. The number of amides is 1. The van der Waals surface area contributed by atoms with Crippen LogP contribution >= 0.6 is 0 Å². The van der Waals surface area contributed by atoms with Crippen LogP contribution in [0.2, 0.25) is 0 Å². The number of hydrogen-bond donors (Lipinski definition) is 2. The van der Waals surface area contributed by atoms with Gasteiger partial charge in [0, 0.05) is 0 Å². The molecule has 2 aliphatic rings. The van der Waals surface area contributed by atoms with Gasteiger partial charge in [-0.15, -0.1) is 0 Å². The molecule has 116 valence electrons. The number of fused-ring (bicyclic) bond motifs is 1. The minimum absolute atomic E-state index is 0.116. The Labute approximate surface area is 131 Å². The fraction of sp³-hybridized carbons (Fsp3) is 0.429. The second kappa shape index (κ2) is 6.37. The largest absolute Gasteiger partial charge is 0.481 e. The van der Waals surface area contributed by atoms with Crippen molar-refractivity contribution in [2.75, 3.05) is 25.0 Å². The molecule has 0 aliphatic carbocycles. The summed E-state index contributed by atoms with van der Waals surface area (Å²) in [5.41, 5.74) is 2.13. The van der Waals surface area contributed by atoms with Crippen molar-refractivity contribution in [3.8, 4) is 0 Å². The maximum atomic E-state index is 12.1. The molecule has 0 saturated carbocycles. The first-order chi connectivity index (χ1) is 10.6. The molecule has 7 nitrogen and oxygen atoms in total. The van der Waals surface area contributed by atoms with Gasteiger partial charge in [-0.1, -0.05) is 6.07 Å². The molecule has 1 fully saturated rings. The molecule has 1 amide bonds. The van der Waals surface area contributed by atoms with Gasteiger partial charge in [0.15, 0.2) is 0 Å². The Kier molecular flexibility index (Phi) is 4.30. The van der Waals surface area contributed by atoms with E-state index in [2.05, 4.69) is 14.0 Å². The second-order valence-electron chi connectivity index (χ2n) is 5.37. The Morgan fingerprint density at radius 1 is 1.32 bits per heavy atom. The number of benzene rings is 1. The number of carboxylic acids is 1. The summed E-state index contributed by atoms with van der Waals surface area (Å²) in [4.78, 5) is 25.0. The lowest BCUT2D eigenvalue weighted by molar-refractivity contribution is -0.143. The first-order valence-corrected chi connectivity index (χ1v) is 7.83. The summed E-state index contributed by atoms with van der Waals surface area (Å²) in [7, 11) is 0. The molecule has 2 heterocycles. The minimum atomic E-state index is -0.744. The van der Waals surface area contributed by atoms with E-state index in [-0.39, 0.29) is 18.4 Å². The van der Waals surface area contributed by atoms with E-state index in [0.717, 1.165) is 17.0 Å². The van der Waals surface area contributed by atoms with Gasteiger partial charge in [0.2, 0.25) is 5.91 Å². The molecule has 0 atom stereocenters. The zero-order chi connectivity index (χ0) is 15.5. The van der Waals surface area contributed by atoms with E-state index in [1.54, 1.807) is 6.07 Å². The van der Waals surface area contributed by atoms with Crippen LogP contribution in [0.1, 0.15) is 12.8 Å². The quantitative estimate of drug-likeness (QED) is 0.902. The molecular formula is C14H16N4O3S. The topological polar surface area (TPSA) is 94.4 Å². The van der Waals surface area contributed by atoms with Crippen molar-refractivity contribution in [1.29, 1.82) is 0 Å². The van der Waals surface area contributed by atoms with Crippen molar-refractivity contribution < 1.29 is 14.7 Å². The number of hydrogen-bond acceptors (Lipinski definition) is 5. The Morgan fingerprint density at radius 2 is 2.09 bits per heavy atom. The van der Waals surface area contributed by atoms with Gasteiger partial charge in [-0.25, -0.2) is 0 Å². The summed E-state index contributed by atoms with van der Waals surface area (Å²) in [5, 5.41) is 11.8. The number of carbonyl (C=O) groups is 2. The van der Waals surface area contributed by atoms with E-state index in [0.29, 0.717) is 37.3 Å². The average molecular weight is 320 g/mol. The number of nitrogens with zero attached hydrogens (tertiary/aromatic N) is 3. The van der Waals surface area contributed by atoms with Crippen LogP contribution in [0, 0.1) is 5.92 Å². The molecule has 1 aromatic rings. The van der Waals surface area contributed by atoms with Gasteiger partial charge in [0.25, 0.3) is 0 Å². The highest BCUT2D eigenvalue weighted by molar-refractivity contribution is 7.58. The van der Waals surface area contributed by atoms with E-state index >= 15 is 0 Å². The number of rotatable bonds is 4. The number of carboxylic acid groups (broad SMARTS) is 1. The van der Waals surface area contributed by atoms with Crippen LogP contribution in [-0.2, 0) is 20.9 Å². The highest BCUT2D eigenvalue weighted by Crippen LogP contribution is 2.38. The normalized spacial score (nSPS) is 17.8. The van der Waals surface area contributed by atoms with Crippen molar-refractivity contribution >= 4 is 40.3 Å². The zero-order valence-corrected chi connectivity index (χ0v) is 12.7. The predicted octanol–water partition coefficient (Wildman–Crippen LogP) is 2.15. The number of likely N-dealkylation sites (tertiary alicyclic amines) is 1. The van der Waals surface area contributed by atoms with Gasteiger partial charge in [0.1, 0.15) is 11.4 Å². The van der Waals surface area contributed by atoms with Crippen LogP contribution in [0.5, 0.6) is 0 Å². The van der Waals surface area contributed by atoms with E-state index in [1.807, 2.05) is 17.0 Å². The third-order valence-electron chi connectivity index (χ3n) is 3.86. The van der Waals surface area contributed by atoms with Crippen molar-refractivity contribution in [1.82, 2.24) is 4.90 Å². The SMILES string of the molecule is O=C(CN1CCC(C(=O)O)CC1)Nc1cccc2c1N=S=N2. The molecular weight excluding hydrogens is 304 g/mol. The summed E-state index contributed by atoms with van der Waals surface area (Å²) in [6.45, 7) is 1.53. The van der Waals surface area contributed by atoms with E-state index in [9.17, 15) is 9.59 Å². The Morgan fingerprint density at radius 3 is 2.82 bits per heavy atom. The zero-order valence-electron chi connectivity index (χ0n) is 11.9. The van der Waals surface area contributed by atoms with Crippen LogP contribution in [0.3, 0.4) is 0 Å². The molecule has 2 aliphatic heterocycles. The van der Waals surface area contributed by atoms with Crippen molar-refractivity contribution in [2.45, 2.75) is 12.8 Å². The summed E-state index contributed by atoms with van der Waals surface area (Å²) >= 11 is 1.12. The maximum absolute atomic E-state index is 12.1. The van der Waals surface area contributed by atoms with Gasteiger partial charge < -0.3 is 10.4 Å². The Hall–Kier alpha value is -2.06. The lowest BCUT2D eigenvalue weighted by atomic mass is 9.97. The Balaban J connectivity index is 1.55. The van der Waals surface area contributed by atoms with Crippen molar-refractivity contribution in [3.05, 3.63) is 18.2 Å². The first-order valence-electron chi connectivity index (χ1n) is 7.10. The maximum Gasteiger partial charge on any atom is 0.306 e. The standard InChI is InChI=1S/C14H16N4O3S/c19-12(8-18-6-4-9(5-7-18)14(20)21)15-10-2-1-3-11-13(10)17-22-16-11/h1-3,9H,4-8H2,(H,15,19)(H,20,21). The van der Waals surface area contributed by atoms with Crippen LogP contribution in [0.4, 0.5) is 17.1 Å². The predicted molar refractivity (Wildman–Crippen MR) is 83.4 cm³/mol. The molecule has 0 bridgehead atoms. The molecule has 0 aromatic heterocycles. The molecule has 0 radical (unpaired) electrons. The van der Waals surface area contributed by atoms with Gasteiger partial charge in [-0.2, -0.15) is 8.73 Å². The van der Waals surface area contributed by atoms with Crippen molar-refractivity contribution in [3.63, 3.8) is 0 Å². The molecule has 0 spiro atoms. The molecule has 22 heavy (non-hydrogen) atoms. The lowest BCUT2D eigenvalue weighted by Crippen LogP contribution is -2.40. The highest BCUT2D eigenvalue weighted by atomic mass is 32.1. The van der Waals surface area contributed by atoms with Gasteiger partial charge in [0.05, 0.1) is 29.5 Å². The second-order valence-corrected chi connectivity index (χ2v) is 5.90.